The third-order valence-electron chi connectivity index (χ3n) is 3.68. The van der Waals surface area contributed by atoms with E-state index in [1.54, 1.807) is 0 Å². The predicted molar refractivity (Wildman–Crippen MR) is 64.9 cm³/mol. The van der Waals surface area contributed by atoms with Gasteiger partial charge >= 0.3 is 0 Å². The average Bonchev–Trinajstić information content (AvgIpc) is 2.27. The maximum atomic E-state index is 5.82. The number of fused-ring (bicyclic) bond motifs is 1. The maximum Gasteiger partial charge on any atom is 0.0899 e. The summed E-state index contributed by atoms with van der Waals surface area (Å²) in [5.41, 5.74) is 5.74. The molecular weight excluding hydrogens is 208 g/mol. The van der Waals surface area contributed by atoms with Crippen molar-refractivity contribution in [2.45, 2.75) is 50.8 Å². The number of hydrogen-bond donors (Lipinski definition) is 1. The highest BCUT2D eigenvalue weighted by Gasteiger charge is 2.36. The van der Waals surface area contributed by atoms with Crippen molar-refractivity contribution in [3.05, 3.63) is 0 Å². The predicted octanol–water partition coefficient (Wildman–Crippen LogP) is 1.30. The van der Waals surface area contributed by atoms with Crippen LogP contribution in [0.25, 0.3) is 0 Å². The molecule has 1 heterocycles. The van der Waals surface area contributed by atoms with Gasteiger partial charge in [-0.25, -0.2) is 0 Å². The van der Waals surface area contributed by atoms with Crippen LogP contribution in [0.5, 0.6) is 0 Å². The molecule has 0 aromatic rings. The lowest BCUT2D eigenvalue weighted by Gasteiger charge is -2.46. The first-order chi connectivity index (χ1) is 7.20. The highest BCUT2D eigenvalue weighted by atomic mass is 32.1. The zero-order valence-electron chi connectivity index (χ0n) is 9.32. The third-order valence-corrected chi connectivity index (χ3v) is 4.03. The van der Waals surface area contributed by atoms with Gasteiger partial charge in [-0.1, -0.05) is 25.1 Å². The quantitative estimate of drug-likeness (QED) is 0.723. The van der Waals surface area contributed by atoms with Crippen molar-refractivity contribution in [1.82, 2.24) is 4.90 Å². The van der Waals surface area contributed by atoms with E-state index in [1.165, 1.54) is 25.7 Å². The van der Waals surface area contributed by atoms with Crippen LogP contribution < -0.4 is 5.73 Å². The van der Waals surface area contributed by atoms with Crippen molar-refractivity contribution < 1.29 is 4.74 Å². The summed E-state index contributed by atoms with van der Waals surface area (Å²) in [7, 11) is 0. The van der Waals surface area contributed by atoms with E-state index < -0.39 is 0 Å². The summed E-state index contributed by atoms with van der Waals surface area (Å²) in [6.45, 7) is 3.91. The van der Waals surface area contributed by atoms with Crippen molar-refractivity contribution in [3.8, 4) is 0 Å². The Morgan fingerprint density at radius 1 is 1.47 bits per heavy atom. The molecule has 3 atom stereocenters. The standard InChI is InChI=1S/C11H20N2OS/c1-8(11(12)15)13-6-7-14-10-5-3-2-4-9(10)13/h8-10H,2-7H2,1H3,(H2,12,15). The van der Waals surface area contributed by atoms with Crippen molar-refractivity contribution in [2.24, 2.45) is 5.73 Å². The van der Waals surface area contributed by atoms with Crippen molar-refractivity contribution in [1.29, 1.82) is 0 Å². The van der Waals surface area contributed by atoms with Gasteiger partial charge in [-0.2, -0.15) is 0 Å². The van der Waals surface area contributed by atoms with Gasteiger partial charge in [0.25, 0.3) is 0 Å². The van der Waals surface area contributed by atoms with Gasteiger partial charge in [0, 0.05) is 12.6 Å². The van der Waals surface area contributed by atoms with Crippen LogP contribution in [0.4, 0.5) is 0 Å². The molecule has 1 aliphatic carbocycles. The van der Waals surface area contributed by atoms with E-state index >= 15 is 0 Å². The molecule has 3 unspecified atom stereocenters. The molecule has 0 aromatic carbocycles. The van der Waals surface area contributed by atoms with Crippen LogP contribution >= 0.6 is 12.2 Å². The van der Waals surface area contributed by atoms with Crippen LogP contribution in [0.2, 0.25) is 0 Å². The Bertz CT molecular complexity index is 245. The van der Waals surface area contributed by atoms with Crippen LogP contribution in [0.15, 0.2) is 0 Å². The first kappa shape index (κ1) is 11.3. The zero-order valence-corrected chi connectivity index (χ0v) is 10.1. The lowest BCUT2D eigenvalue weighted by molar-refractivity contribution is -0.0924. The average molecular weight is 228 g/mol. The van der Waals surface area contributed by atoms with E-state index in [2.05, 4.69) is 11.8 Å². The van der Waals surface area contributed by atoms with E-state index in [0.29, 0.717) is 17.1 Å². The van der Waals surface area contributed by atoms with Crippen LogP contribution in [0.3, 0.4) is 0 Å². The van der Waals surface area contributed by atoms with Crippen molar-refractivity contribution in [2.75, 3.05) is 13.2 Å². The fraction of sp³-hybridized carbons (Fsp3) is 0.909. The molecule has 1 aliphatic heterocycles. The molecule has 0 spiro atoms. The van der Waals surface area contributed by atoms with Crippen molar-refractivity contribution in [3.63, 3.8) is 0 Å². The molecule has 4 heteroatoms. The van der Waals surface area contributed by atoms with Gasteiger partial charge in [-0.3, -0.25) is 4.90 Å². The van der Waals surface area contributed by atoms with Crippen LogP contribution in [0.1, 0.15) is 32.6 Å². The smallest absolute Gasteiger partial charge is 0.0899 e. The highest BCUT2D eigenvalue weighted by molar-refractivity contribution is 7.80. The number of nitrogens with two attached hydrogens (primary N) is 1. The zero-order chi connectivity index (χ0) is 10.8. The molecule has 0 bridgehead atoms. The molecule has 1 saturated carbocycles. The fourth-order valence-corrected chi connectivity index (χ4v) is 2.91. The molecule has 2 fully saturated rings. The summed E-state index contributed by atoms with van der Waals surface area (Å²) in [5.74, 6) is 0. The van der Waals surface area contributed by atoms with E-state index in [1.807, 2.05) is 0 Å². The number of hydrogen-bond acceptors (Lipinski definition) is 3. The van der Waals surface area contributed by atoms with Gasteiger partial charge in [0.15, 0.2) is 0 Å². The lowest BCUT2D eigenvalue weighted by atomic mass is 9.89. The Hall–Kier alpha value is -0.190. The monoisotopic (exact) mass is 228 g/mol. The molecule has 2 rings (SSSR count). The normalized spacial score (nSPS) is 34.5. The minimum absolute atomic E-state index is 0.217. The van der Waals surface area contributed by atoms with E-state index in [0.717, 1.165) is 13.2 Å². The molecule has 0 radical (unpaired) electrons. The second kappa shape index (κ2) is 4.76. The van der Waals surface area contributed by atoms with Gasteiger partial charge in [0.1, 0.15) is 0 Å². The van der Waals surface area contributed by atoms with Crippen LogP contribution in [-0.4, -0.2) is 41.2 Å². The second-order valence-electron chi connectivity index (χ2n) is 4.58. The molecule has 0 amide bonds. The van der Waals surface area contributed by atoms with E-state index in [9.17, 15) is 0 Å². The summed E-state index contributed by atoms with van der Waals surface area (Å²) in [6.07, 6.45) is 5.47. The molecule has 15 heavy (non-hydrogen) atoms. The van der Waals surface area contributed by atoms with Gasteiger partial charge in [-0.05, 0) is 19.8 Å². The molecule has 2 N–H and O–H groups in total. The molecule has 86 valence electrons. The Labute approximate surface area is 96.9 Å². The Morgan fingerprint density at radius 2 is 2.20 bits per heavy atom. The summed E-state index contributed by atoms with van der Waals surface area (Å²) < 4.78 is 5.82. The Kier molecular flexibility index (Phi) is 3.59. The summed E-state index contributed by atoms with van der Waals surface area (Å²) >= 11 is 5.09. The largest absolute Gasteiger partial charge is 0.392 e. The number of rotatable bonds is 2. The number of morpholine rings is 1. The van der Waals surface area contributed by atoms with Gasteiger partial charge in [0.05, 0.1) is 23.7 Å². The van der Waals surface area contributed by atoms with Gasteiger partial charge in [-0.15, -0.1) is 0 Å². The highest BCUT2D eigenvalue weighted by Crippen LogP contribution is 2.29. The molecule has 2 aliphatic rings. The lowest BCUT2D eigenvalue weighted by Crippen LogP contribution is -2.58. The fourth-order valence-electron chi connectivity index (χ4n) is 2.77. The van der Waals surface area contributed by atoms with Gasteiger partial charge in [0.2, 0.25) is 0 Å². The molecule has 3 nitrogen and oxygen atoms in total. The summed E-state index contributed by atoms with van der Waals surface area (Å²) in [6, 6.07) is 0.762. The number of ether oxygens (including phenoxy) is 1. The molecule has 0 aromatic heterocycles. The second-order valence-corrected chi connectivity index (χ2v) is 5.05. The van der Waals surface area contributed by atoms with Crippen LogP contribution in [-0.2, 0) is 4.74 Å². The third kappa shape index (κ3) is 2.32. The Morgan fingerprint density at radius 3 is 2.93 bits per heavy atom. The summed E-state index contributed by atoms with van der Waals surface area (Å²) in [5, 5.41) is 0. The van der Waals surface area contributed by atoms with E-state index in [4.69, 9.17) is 22.7 Å². The summed E-state index contributed by atoms with van der Waals surface area (Å²) in [4.78, 5) is 3.05. The van der Waals surface area contributed by atoms with Crippen LogP contribution in [0, 0.1) is 0 Å². The molecular formula is C11H20N2OS. The Balaban J connectivity index is 2.06. The maximum absolute atomic E-state index is 5.82. The SMILES string of the molecule is CC(C(N)=S)N1CCOC2CCCCC21. The minimum atomic E-state index is 0.217. The van der Waals surface area contributed by atoms with Crippen molar-refractivity contribution >= 4 is 17.2 Å². The topological polar surface area (TPSA) is 38.5 Å². The minimum Gasteiger partial charge on any atom is -0.392 e. The number of nitrogens with zero attached hydrogens (tertiary/aromatic N) is 1. The molecule has 1 saturated heterocycles. The van der Waals surface area contributed by atoms with E-state index in [-0.39, 0.29) is 6.04 Å². The first-order valence-electron chi connectivity index (χ1n) is 5.87. The van der Waals surface area contributed by atoms with Gasteiger partial charge < -0.3 is 10.5 Å². The first-order valence-corrected chi connectivity index (χ1v) is 6.27. The number of thiocarbonyl (C=S) groups is 1.